The van der Waals surface area contributed by atoms with Gasteiger partial charge in [-0.05, 0) is 6.92 Å². The van der Waals surface area contributed by atoms with E-state index in [1.165, 1.54) is 6.92 Å². The van der Waals surface area contributed by atoms with E-state index in [1.54, 1.807) is 0 Å². The highest BCUT2D eigenvalue weighted by Gasteiger charge is 2.45. The molecule has 1 saturated heterocycles. The fourth-order valence-corrected chi connectivity index (χ4v) is 1.89. The maximum Gasteiger partial charge on any atom is 0.322 e. The van der Waals surface area contributed by atoms with E-state index in [4.69, 9.17) is 20.9 Å². The summed E-state index contributed by atoms with van der Waals surface area (Å²) in [4.78, 5) is 25.9. The molecule has 122 valence electrons. The molecule has 0 spiro atoms. The van der Waals surface area contributed by atoms with E-state index < -0.39 is 42.5 Å². The molecule has 1 aliphatic rings. The predicted octanol–water partition coefficient (Wildman–Crippen LogP) is -3.11. The molecule has 2 heterocycles. The second-order valence-corrected chi connectivity index (χ2v) is 4.88. The van der Waals surface area contributed by atoms with Crippen LogP contribution in [0.15, 0.2) is 6.33 Å². The number of nitrogens with two attached hydrogens (primary N) is 2. The number of esters is 1. The number of hydrogen-bond acceptors (Lipinski definition) is 9. The van der Waals surface area contributed by atoms with Crippen LogP contribution >= 0.6 is 0 Å². The molecule has 0 radical (unpaired) electrons. The van der Waals surface area contributed by atoms with Crippen molar-refractivity contribution in [2.75, 3.05) is 6.61 Å². The molecule has 0 bridgehead atoms. The summed E-state index contributed by atoms with van der Waals surface area (Å²) < 4.78 is 11.3. The molecule has 11 nitrogen and oxygen atoms in total. The van der Waals surface area contributed by atoms with E-state index >= 15 is 0 Å². The Morgan fingerprint density at radius 3 is 2.73 bits per heavy atom. The smallest absolute Gasteiger partial charge is 0.322 e. The van der Waals surface area contributed by atoms with Crippen molar-refractivity contribution in [2.24, 2.45) is 11.5 Å². The summed E-state index contributed by atoms with van der Waals surface area (Å²) in [5.74, 6) is -1.75. The van der Waals surface area contributed by atoms with Crippen LogP contribution in [0.3, 0.4) is 0 Å². The van der Waals surface area contributed by atoms with Gasteiger partial charge in [-0.3, -0.25) is 9.59 Å². The van der Waals surface area contributed by atoms with Crippen molar-refractivity contribution in [3.63, 3.8) is 0 Å². The zero-order valence-corrected chi connectivity index (χ0v) is 11.7. The third-order valence-corrected chi connectivity index (χ3v) is 3.09. The second-order valence-electron chi connectivity index (χ2n) is 4.88. The first-order chi connectivity index (χ1) is 10.3. The minimum atomic E-state index is -1.35. The highest BCUT2D eigenvalue weighted by Crippen LogP contribution is 2.28. The Morgan fingerprint density at radius 2 is 2.18 bits per heavy atom. The topological polar surface area (TPSA) is 176 Å². The highest BCUT2D eigenvalue weighted by molar-refractivity contribution is 5.88. The van der Waals surface area contributed by atoms with E-state index in [-0.39, 0.29) is 12.4 Å². The number of rotatable bonds is 5. The molecular formula is C11H17N5O6. The molecule has 1 aromatic rings. The third kappa shape index (κ3) is 3.22. The molecule has 1 aromatic heterocycles. The van der Waals surface area contributed by atoms with Crippen LogP contribution in [-0.2, 0) is 14.3 Å². The molecule has 6 N–H and O–H groups in total. The molecule has 1 amide bonds. The Morgan fingerprint density at radius 1 is 1.50 bits per heavy atom. The number of carbonyl (C=O) groups excluding carboxylic acids is 2. The molecule has 0 aliphatic carbocycles. The zero-order valence-electron chi connectivity index (χ0n) is 11.7. The van der Waals surface area contributed by atoms with E-state index in [2.05, 4.69) is 10.1 Å². The first kappa shape index (κ1) is 16.3. The van der Waals surface area contributed by atoms with Crippen LogP contribution in [0.25, 0.3) is 0 Å². The SMILES string of the molecule is C[C@@H](N)C(=O)OCC1OC(n2cnc(C(N)=O)n2)[C@H](O)C1O. The van der Waals surface area contributed by atoms with Crippen molar-refractivity contribution >= 4 is 11.9 Å². The average Bonchev–Trinajstić information content (AvgIpc) is 3.04. The number of aliphatic hydroxyl groups excluding tert-OH is 2. The highest BCUT2D eigenvalue weighted by atomic mass is 16.6. The largest absolute Gasteiger partial charge is 0.462 e. The van der Waals surface area contributed by atoms with E-state index in [0.717, 1.165) is 11.0 Å². The molecule has 0 aromatic carbocycles. The number of hydrogen-bond donors (Lipinski definition) is 4. The molecular weight excluding hydrogens is 298 g/mol. The van der Waals surface area contributed by atoms with Gasteiger partial charge in [-0.15, -0.1) is 5.10 Å². The van der Waals surface area contributed by atoms with Crippen LogP contribution < -0.4 is 11.5 Å². The molecule has 3 unspecified atom stereocenters. The van der Waals surface area contributed by atoms with Gasteiger partial charge in [0.2, 0.25) is 5.82 Å². The van der Waals surface area contributed by atoms with Crippen molar-refractivity contribution in [3.8, 4) is 0 Å². The van der Waals surface area contributed by atoms with Crippen molar-refractivity contribution in [1.29, 1.82) is 0 Å². The Hall–Kier alpha value is -2.08. The van der Waals surface area contributed by atoms with Gasteiger partial charge in [0.15, 0.2) is 6.23 Å². The van der Waals surface area contributed by atoms with Crippen LogP contribution in [0.4, 0.5) is 0 Å². The van der Waals surface area contributed by atoms with Gasteiger partial charge in [0.25, 0.3) is 5.91 Å². The van der Waals surface area contributed by atoms with Crippen molar-refractivity contribution in [2.45, 2.75) is 37.5 Å². The van der Waals surface area contributed by atoms with E-state index in [9.17, 15) is 19.8 Å². The standard InChI is InChI=1S/C11H17N5O6/c1-4(12)11(20)21-2-5-6(17)7(18)10(22-5)16-3-14-9(15-16)8(13)19/h3-7,10,17-18H,2,12H2,1H3,(H2,13,19)/t4-,5?,6?,7-,10?/m1/s1. The second kappa shape index (κ2) is 6.36. The van der Waals surface area contributed by atoms with Crippen LogP contribution in [0, 0.1) is 0 Å². The summed E-state index contributed by atoms with van der Waals surface area (Å²) >= 11 is 0. The van der Waals surface area contributed by atoms with Crippen LogP contribution in [0.1, 0.15) is 23.8 Å². The molecule has 11 heteroatoms. The molecule has 1 fully saturated rings. The Labute approximate surface area is 124 Å². The lowest BCUT2D eigenvalue weighted by molar-refractivity contribution is -0.151. The number of nitrogens with zero attached hydrogens (tertiary/aromatic N) is 3. The maximum atomic E-state index is 11.3. The predicted molar refractivity (Wildman–Crippen MR) is 69.1 cm³/mol. The normalized spacial score (nSPS) is 29.3. The lowest BCUT2D eigenvalue weighted by atomic mass is 10.1. The number of aliphatic hydroxyl groups is 2. The monoisotopic (exact) mass is 315 g/mol. The maximum absolute atomic E-state index is 11.3. The summed E-state index contributed by atoms with van der Waals surface area (Å²) in [6, 6.07) is -0.812. The lowest BCUT2D eigenvalue weighted by Crippen LogP contribution is -2.36. The average molecular weight is 315 g/mol. The summed E-state index contributed by atoms with van der Waals surface area (Å²) in [6.07, 6.45) is -3.58. The van der Waals surface area contributed by atoms with Crippen molar-refractivity contribution < 1.29 is 29.3 Å². The van der Waals surface area contributed by atoms with Gasteiger partial charge in [-0.25, -0.2) is 9.67 Å². The van der Waals surface area contributed by atoms with Crippen LogP contribution in [-0.4, -0.2) is 67.8 Å². The lowest BCUT2D eigenvalue weighted by Gasteiger charge is -2.15. The quantitative estimate of drug-likeness (QED) is 0.409. The van der Waals surface area contributed by atoms with E-state index in [0.29, 0.717) is 0 Å². The molecule has 22 heavy (non-hydrogen) atoms. The van der Waals surface area contributed by atoms with Crippen LogP contribution in [0.2, 0.25) is 0 Å². The number of primary amides is 1. The molecule has 0 saturated carbocycles. The van der Waals surface area contributed by atoms with Gasteiger partial charge in [-0.2, -0.15) is 0 Å². The fraction of sp³-hybridized carbons (Fsp3) is 0.636. The summed E-state index contributed by atoms with van der Waals surface area (Å²) in [6.45, 7) is 1.17. The Kier molecular flexibility index (Phi) is 4.71. The minimum absolute atomic E-state index is 0.253. The van der Waals surface area contributed by atoms with Gasteiger partial charge >= 0.3 is 5.97 Å². The van der Waals surface area contributed by atoms with Crippen molar-refractivity contribution in [1.82, 2.24) is 14.8 Å². The number of carbonyl (C=O) groups is 2. The van der Waals surface area contributed by atoms with Gasteiger partial charge in [0, 0.05) is 0 Å². The van der Waals surface area contributed by atoms with Crippen molar-refractivity contribution in [3.05, 3.63) is 12.2 Å². The summed E-state index contributed by atoms with van der Waals surface area (Å²) in [7, 11) is 0. The number of aromatic nitrogens is 3. The van der Waals surface area contributed by atoms with E-state index in [1.807, 2.05) is 0 Å². The first-order valence-electron chi connectivity index (χ1n) is 6.46. The van der Waals surface area contributed by atoms with Crippen LogP contribution in [0.5, 0.6) is 0 Å². The number of ether oxygens (including phenoxy) is 2. The molecule has 2 rings (SSSR count). The zero-order chi connectivity index (χ0) is 16.4. The van der Waals surface area contributed by atoms with Gasteiger partial charge in [-0.1, -0.05) is 0 Å². The van der Waals surface area contributed by atoms with Gasteiger partial charge in [0.1, 0.15) is 37.3 Å². The minimum Gasteiger partial charge on any atom is -0.462 e. The molecule has 5 atom stereocenters. The fourth-order valence-electron chi connectivity index (χ4n) is 1.89. The number of amides is 1. The van der Waals surface area contributed by atoms with Gasteiger partial charge in [0.05, 0.1) is 0 Å². The first-order valence-corrected chi connectivity index (χ1v) is 6.46. The summed E-state index contributed by atoms with van der Waals surface area (Å²) in [5.41, 5.74) is 10.4. The Balaban J connectivity index is 2.03. The molecule has 1 aliphatic heterocycles. The van der Waals surface area contributed by atoms with Gasteiger partial charge < -0.3 is 31.2 Å². The third-order valence-electron chi connectivity index (χ3n) is 3.09. The Bertz CT molecular complexity index is 561. The summed E-state index contributed by atoms with van der Waals surface area (Å²) in [5, 5.41) is 23.6.